The third-order valence-corrected chi connectivity index (χ3v) is 4.31. The highest BCUT2D eigenvalue weighted by Crippen LogP contribution is 2.28. The van der Waals surface area contributed by atoms with Gasteiger partial charge in [-0.1, -0.05) is 0 Å². The van der Waals surface area contributed by atoms with Crippen LogP contribution >= 0.6 is 11.3 Å². The van der Waals surface area contributed by atoms with E-state index in [0.717, 1.165) is 6.42 Å². The fraction of sp³-hybridized carbons (Fsp3) is 0.353. The molecular weight excluding hydrogens is 312 g/mol. The Morgan fingerprint density at radius 3 is 2.74 bits per heavy atom. The fourth-order valence-corrected chi connectivity index (χ4v) is 3.01. The Hall–Kier alpha value is -2.05. The second-order valence-electron chi connectivity index (χ2n) is 5.02. The Labute approximate surface area is 140 Å². The number of nitrogens with one attached hydrogen (secondary N) is 1. The third kappa shape index (κ3) is 4.97. The van der Waals surface area contributed by atoms with Crippen LogP contribution in [0.3, 0.4) is 0 Å². The molecule has 3 N–H and O–H groups in total. The summed E-state index contributed by atoms with van der Waals surface area (Å²) in [5.41, 5.74) is 5.97. The van der Waals surface area contributed by atoms with Gasteiger partial charge in [0.05, 0.1) is 7.11 Å². The topological polar surface area (TPSA) is 73.6 Å². The van der Waals surface area contributed by atoms with Crippen LogP contribution in [-0.2, 0) is 6.42 Å². The van der Waals surface area contributed by atoms with Gasteiger partial charge < -0.3 is 20.5 Å². The molecule has 0 aliphatic heterocycles. The zero-order valence-electron chi connectivity index (χ0n) is 13.4. The van der Waals surface area contributed by atoms with Crippen molar-refractivity contribution in [2.24, 2.45) is 5.73 Å². The first-order chi connectivity index (χ1) is 11.1. The Morgan fingerprint density at radius 1 is 1.26 bits per heavy atom. The van der Waals surface area contributed by atoms with Crippen molar-refractivity contribution in [3.8, 4) is 11.5 Å². The highest BCUT2D eigenvalue weighted by Gasteiger charge is 2.11. The lowest BCUT2D eigenvalue weighted by Crippen LogP contribution is -2.25. The summed E-state index contributed by atoms with van der Waals surface area (Å²) in [5, 5.41) is 2.92. The second-order valence-corrected chi connectivity index (χ2v) is 6.39. The van der Waals surface area contributed by atoms with Crippen LogP contribution in [0.15, 0.2) is 30.3 Å². The predicted molar refractivity (Wildman–Crippen MR) is 92.6 cm³/mol. The summed E-state index contributed by atoms with van der Waals surface area (Å²) in [5.74, 6) is 0.991. The molecule has 0 unspecified atom stereocenters. The normalized spacial score (nSPS) is 10.4. The van der Waals surface area contributed by atoms with Crippen LogP contribution in [0.4, 0.5) is 0 Å². The van der Waals surface area contributed by atoms with Gasteiger partial charge in [0.1, 0.15) is 6.61 Å². The molecule has 1 aromatic carbocycles. The van der Waals surface area contributed by atoms with Crippen LogP contribution in [0.2, 0.25) is 0 Å². The number of rotatable bonds is 8. The van der Waals surface area contributed by atoms with Gasteiger partial charge in [0.15, 0.2) is 11.5 Å². The van der Waals surface area contributed by atoms with Gasteiger partial charge >= 0.3 is 0 Å². The van der Waals surface area contributed by atoms with Gasteiger partial charge in [-0.05, 0) is 43.7 Å². The molecule has 0 saturated heterocycles. The number of carbonyl (C=O) groups excluding carboxylic acids is 1. The summed E-state index contributed by atoms with van der Waals surface area (Å²) in [6, 6.07) is 9.31. The molecule has 6 heteroatoms. The number of hydrogen-bond acceptors (Lipinski definition) is 5. The summed E-state index contributed by atoms with van der Waals surface area (Å²) in [7, 11) is 1.55. The van der Waals surface area contributed by atoms with Gasteiger partial charge in [-0.3, -0.25) is 4.79 Å². The van der Waals surface area contributed by atoms with Crippen molar-refractivity contribution < 1.29 is 14.3 Å². The number of nitrogens with two attached hydrogens (primary N) is 1. The third-order valence-electron chi connectivity index (χ3n) is 3.25. The van der Waals surface area contributed by atoms with E-state index in [0.29, 0.717) is 36.8 Å². The summed E-state index contributed by atoms with van der Waals surface area (Å²) in [6.07, 6.45) is 0.832. The summed E-state index contributed by atoms with van der Waals surface area (Å²) in [4.78, 5) is 14.8. The van der Waals surface area contributed by atoms with E-state index in [9.17, 15) is 4.79 Å². The second kappa shape index (κ2) is 8.55. The molecule has 0 aliphatic carbocycles. The van der Waals surface area contributed by atoms with Gasteiger partial charge in [0.2, 0.25) is 0 Å². The molecule has 0 fully saturated rings. The number of thiophene rings is 1. The molecule has 124 valence electrons. The average Bonchev–Trinajstić information content (AvgIpc) is 2.98. The summed E-state index contributed by atoms with van der Waals surface area (Å²) < 4.78 is 10.7. The first-order valence-electron chi connectivity index (χ1n) is 7.48. The molecule has 1 amide bonds. The molecule has 1 aromatic heterocycles. The van der Waals surface area contributed by atoms with Crippen molar-refractivity contribution in [1.82, 2.24) is 5.32 Å². The number of carbonyl (C=O) groups is 1. The summed E-state index contributed by atoms with van der Waals surface area (Å²) >= 11 is 1.75. The van der Waals surface area contributed by atoms with Crippen molar-refractivity contribution in [3.63, 3.8) is 0 Å². The highest BCUT2D eigenvalue weighted by molar-refractivity contribution is 7.11. The first kappa shape index (κ1) is 17.3. The number of aryl methyl sites for hydroxylation is 1. The summed E-state index contributed by atoms with van der Waals surface area (Å²) in [6.45, 7) is 3.51. The van der Waals surface area contributed by atoms with Crippen LogP contribution in [0.5, 0.6) is 11.5 Å². The van der Waals surface area contributed by atoms with Crippen molar-refractivity contribution in [3.05, 3.63) is 45.6 Å². The van der Waals surface area contributed by atoms with Crippen molar-refractivity contribution in [1.29, 1.82) is 0 Å². The average molecular weight is 334 g/mol. The Bertz CT molecular complexity index is 655. The molecule has 23 heavy (non-hydrogen) atoms. The van der Waals surface area contributed by atoms with Gasteiger partial charge in [0.25, 0.3) is 5.91 Å². The first-order valence-corrected chi connectivity index (χ1v) is 8.30. The van der Waals surface area contributed by atoms with E-state index < -0.39 is 0 Å². The van der Waals surface area contributed by atoms with Crippen molar-refractivity contribution >= 4 is 17.2 Å². The maximum absolute atomic E-state index is 12.2. The predicted octanol–water partition coefficient (Wildman–Crippen LogP) is 2.38. The van der Waals surface area contributed by atoms with E-state index in [1.807, 2.05) is 0 Å². The minimum atomic E-state index is -0.123. The standard InChI is InChI=1S/C17H22N2O3S/c1-12-3-5-14(23-12)7-9-19-17(20)13-4-6-15(22-10-8-18)16(11-13)21-2/h3-6,11H,7-10,18H2,1-2H3,(H,19,20). The number of amides is 1. The molecule has 1 heterocycles. The lowest BCUT2D eigenvalue weighted by atomic mass is 10.2. The van der Waals surface area contributed by atoms with Crippen LogP contribution in [0, 0.1) is 6.92 Å². The maximum Gasteiger partial charge on any atom is 0.251 e. The van der Waals surface area contributed by atoms with Crippen LogP contribution < -0.4 is 20.5 Å². The molecule has 0 bridgehead atoms. The smallest absolute Gasteiger partial charge is 0.251 e. The largest absolute Gasteiger partial charge is 0.493 e. The van der Waals surface area contributed by atoms with E-state index in [2.05, 4.69) is 24.4 Å². The Balaban J connectivity index is 1.93. The Kier molecular flexibility index (Phi) is 6.43. The zero-order valence-corrected chi connectivity index (χ0v) is 14.2. The van der Waals surface area contributed by atoms with Gasteiger partial charge in [0, 0.05) is 28.4 Å². The number of ether oxygens (including phenoxy) is 2. The fourth-order valence-electron chi connectivity index (χ4n) is 2.12. The minimum absolute atomic E-state index is 0.123. The number of methoxy groups -OCH3 is 1. The molecule has 0 saturated carbocycles. The molecule has 5 nitrogen and oxygen atoms in total. The van der Waals surface area contributed by atoms with Crippen LogP contribution in [0.25, 0.3) is 0 Å². The van der Waals surface area contributed by atoms with E-state index in [-0.39, 0.29) is 5.91 Å². The zero-order chi connectivity index (χ0) is 16.7. The molecule has 2 rings (SSSR count). The quantitative estimate of drug-likeness (QED) is 0.777. The molecule has 0 atom stereocenters. The molecular formula is C17H22N2O3S. The lowest BCUT2D eigenvalue weighted by Gasteiger charge is -2.11. The van der Waals surface area contributed by atoms with Crippen LogP contribution in [0.1, 0.15) is 20.1 Å². The maximum atomic E-state index is 12.2. The van der Waals surface area contributed by atoms with Crippen LogP contribution in [-0.4, -0.2) is 32.7 Å². The van der Waals surface area contributed by atoms with Gasteiger partial charge in [-0.25, -0.2) is 0 Å². The van der Waals surface area contributed by atoms with E-state index in [1.165, 1.54) is 9.75 Å². The minimum Gasteiger partial charge on any atom is -0.493 e. The molecule has 0 aliphatic rings. The van der Waals surface area contributed by atoms with Gasteiger partial charge in [-0.2, -0.15) is 0 Å². The number of hydrogen-bond donors (Lipinski definition) is 2. The van der Waals surface area contributed by atoms with Crippen molar-refractivity contribution in [2.45, 2.75) is 13.3 Å². The van der Waals surface area contributed by atoms with E-state index in [1.54, 1.807) is 36.6 Å². The van der Waals surface area contributed by atoms with Crippen molar-refractivity contribution in [2.75, 3.05) is 26.8 Å². The SMILES string of the molecule is COc1cc(C(=O)NCCc2ccc(C)s2)ccc1OCCN. The van der Waals surface area contributed by atoms with E-state index in [4.69, 9.17) is 15.2 Å². The number of benzene rings is 1. The van der Waals surface area contributed by atoms with Gasteiger partial charge in [-0.15, -0.1) is 11.3 Å². The molecule has 0 radical (unpaired) electrons. The molecule has 2 aromatic rings. The molecule has 0 spiro atoms. The lowest BCUT2D eigenvalue weighted by molar-refractivity contribution is 0.0954. The highest BCUT2D eigenvalue weighted by atomic mass is 32.1. The van der Waals surface area contributed by atoms with E-state index >= 15 is 0 Å². The monoisotopic (exact) mass is 334 g/mol. The Morgan fingerprint density at radius 2 is 2.09 bits per heavy atom.